The van der Waals surface area contributed by atoms with Gasteiger partial charge in [-0.1, -0.05) is 12.1 Å². The predicted molar refractivity (Wildman–Crippen MR) is 58.2 cm³/mol. The molecule has 3 heteroatoms. The summed E-state index contributed by atoms with van der Waals surface area (Å²) in [4.78, 5) is 11.8. The van der Waals surface area contributed by atoms with E-state index >= 15 is 0 Å². The molecule has 1 rings (SSSR count). The molecule has 0 unspecified atom stereocenters. The van der Waals surface area contributed by atoms with Crippen LogP contribution in [0.1, 0.15) is 19.4 Å². The molecule has 0 fully saturated rings. The number of rotatable bonds is 4. The van der Waals surface area contributed by atoms with Gasteiger partial charge in [-0.15, -0.1) is 0 Å². The highest BCUT2D eigenvalue weighted by molar-refractivity contribution is 5.89. The Hall–Kier alpha value is -1.22. The Balaban J connectivity index is 2.75. The van der Waals surface area contributed by atoms with Crippen LogP contribution in [0.3, 0.4) is 0 Å². The van der Waals surface area contributed by atoms with Crippen LogP contribution in [0.25, 0.3) is 0 Å². The maximum atomic E-state index is 12.9. The summed E-state index contributed by atoms with van der Waals surface area (Å²) in [6.07, 6.45) is 0.256. The Morgan fingerprint density at radius 3 is 2.67 bits per heavy atom. The summed E-state index contributed by atoms with van der Waals surface area (Å²) in [5.41, 5.74) is 0.148. The van der Waals surface area contributed by atoms with Crippen LogP contribution in [0.5, 0.6) is 0 Å². The normalized spacial score (nSPS) is 11.5. The van der Waals surface area contributed by atoms with Crippen LogP contribution >= 0.6 is 0 Å². The van der Waals surface area contributed by atoms with Gasteiger partial charge in [0.2, 0.25) is 0 Å². The fraction of sp³-hybridized carbons (Fsp3) is 0.417. The van der Waals surface area contributed by atoms with Crippen LogP contribution in [-0.4, -0.2) is 18.4 Å². The molecule has 1 aromatic rings. The van der Waals surface area contributed by atoms with E-state index in [1.54, 1.807) is 19.2 Å². The van der Waals surface area contributed by atoms with Gasteiger partial charge in [0.15, 0.2) is 5.78 Å². The van der Waals surface area contributed by atoms with Crippen LogP contribution in [0.2, 0.25) is 0 Å². The van der Waals surface area contributed by atoms with Gasteiger partial charge in [0.25, 0.3) is 0 Å². The lowest BCUT2D eigenvalue weighted by atomic mass is 9.94. The number of nitrogens with one attached hydrogen (secondary N) is 1. The highest BCUT2D eigenvalue weighted by atomic mass is 19.1. The van der Waals surface area contributed by atoms with Crippen molar-refractivity contribution in [2.75, 3.05) is 7.05 Å². The number of ketones is 1. The fourth-order valence-electron chi connectivity index (χ4n) is 1.19. The van der Waals surface area contributed by atoms with Crippen LogP contribution in [0.15, 0.2) is 24.3 Å². The summed E-state index contributed by atoms with van der Waals surface area (Å²) < 4.78 is 12.9. The molecule has 0 bridgehead atoms. The van der Waals surface area contributed by atoms with Gasteiger partial charge in [-0.2, -0.15) is 0 Å². The summed E-state index contributed by atoms with van der Waals surface area (Å²) in [5, 5.41) is 2.93. The Kier molecular flexibility index (Phi) is 3.58. The highest BCUT2D eigenvalue weighted by Gasteiger charge is 2.24. The van der Waals surface area contributed by atoms with Gasteiger partial charge in [0.05, 0.1) is 5.54 Å². The second kappa shape index (κ2) is 4.53. The lowest BCUT2D eigenvalue weighted by Gasteiger charge is -2.22. The molecule has 0 saturated heterocycles. The molecule has 0 aliphatic rings. The number of hydrogen-bond acceptors (Lipinski definition) is 2. The molecule has 1 aromatic carbocycles. The molecule has 15 heavy (non-hydrogen) atoms. The number of carbonyl (C=O) groups is 1. The first-order chi connectivity index (χ1) is 6.95. The summed E-state index contributed by atoms with van der Waals surface area (Å²) in [5.74, 6) is -0.252. The topological polar surface area (TPSA) is 29.1 Å². The molecule has 0 radical (unpaired) electrons. The van der Waals surface area contributed by atoms with E-state index in [1.165, 1.54) is 12.1 Å². The number of hydrogen-bond donors (Lipinski definition) is 1. The number of benzene rings is 1. The molecule has 0 aliphatic heterocycles. The van der Waals surface area contributed by atoms with Crippen molar-refractivity contribution >= 4 is 5.78 Å². The molecular formula is C12H16FNO. The summed E-state index contributed by atoms with van der Waals surface area (Å²) in [6, 6.07) is 6.14. The predicted octanol–water partition coefficient (Wildman–Crippen LogP) is 1.94. The minimum absolute atomic E-state index is 0.0515. The van der Waals surface area contributed by atoms with E-state index < -0.39 is 5.54 Å². The van der Waals surface area contributed by atoms with Crippen molar-refractivity contribution in [1.29, 1.82) is 0 Å². The largest absolute Gasteiger partial charge is 0.308 e. The van der Waals surface area contributed by atoms with E-state index in [2.05, 4.69) is 5.32 Å². The third-order valence-corrected chi connectivity index (χ3v) is 2.58. The second-order valence-corrected chi connectivity index (χ2v) is 4.10. The SMILES string of the molecule is CNC(C)(C)C(=O)Cc1cccc(F)c1. The maximum absolute atomic E-state index is 12.9. The smallest absolute Gasteiger partial charge is 0.156 e. The quantitative estimate of drug-likeness (QED) is 0.821. The van der Waals surface area contributed by atoms with Gasteiger partial charge in [-0.05, 0) is 38.6 Å². The molecule has 1 N–H and O–H groups in total. The Bertz CT molecular complexity index is 360. The van der Waals surface area contributed by atoms with Crippen molar-refractivity contribution in [3.8, 4) is 0 Å². The molecule has 0 atom stereocenters. The van der Waals surface area contributed by atoms with Crippen LogP contribution < -0.4 is 5.32 Å². The summed E-state index contributed by atoms with van der Waals surface area (Å²) in [7, 11) is 1.74. The molecular weight excluding hydrogens is 193 g/mol. The minimum atomic E-state index is -0.563. The molecule has 0 aromatic heterocycles. The standard InChI is InChI=1S/C12H16FNO/c1-12(2,14-3)11(15)8-9-5-4-6-10(13)7-9/h4-7,14H,8H2,1-3H3. The summed E-state index contributed by atoms with van der Waals surface area (Å²) >= 11 is 0. The third-order valence-electron chi connectivity index (χ3n) is 2.58. The molecule has 82 valence electrons. The van der Waals surface area contributed by atoms with E-state index in [0.717, 1.165) is 0 Å². The molecule has 0 aliphatic carbocycles. The van der Waals surface area contributed by atoms with Gasteiger partial charge in [-0.25, -0.2) is 4.39 Å². The van der Waals surface area contributed by atoms with E-state index in [9.17, 15) is 9.18 Å². The molecule has 2 nitrogen and oxygen atoms in total. The Morgan fingerprint density at radius 2 is 2.13 bits per heavy atom. The zero-order chi connectivity index (χ0) is 11.5. The van der Waals surface area contributed by atoms with Gasteiger partial charge < -0.3 is 5.32 Å². The molecule has 0 saturated carbocycles. The van der Waals surface area contributed by atoms with Crippen LogP contribution in [0.4, 0.5) is 4.39 Å². The average Bonchev–Trinajstić information content (AvgIpc) is 2.17. The van der Waals surface area contributed by atoms with Crippen LogP contribution in [0, 0.1) is 5.82 Å². The third kappa shape index (κ3) is 3.13. The Morgan fingerprint density at radius 1 is 1.47 bits per heavy atom. The number of halogens is 1. The van der Waals surface area contributed by atoms with Crippen molar-refractivity contribution in [1.82, 2.24) is 5.32 Å². The zero-order valence-corrected chi connectivity index (χ0v) is 9.30. The second-order valence-electron chi connectivity index (χ2n) is 4.10. The minimum Gasteiger partial charge on any atom is -0.308 e. The first-order valence-corrected chi connectivity index (χ1v) is 4.92. The highest BCUT2D eigenvalue weighted by Crippen LogP contribution is 2.10. The number of likely N-dealkylation sites (N-methyl/N-ethyl adjacent to an activating group) is 1. The lowest BCUT2D eigenvalue weighted by Crippen LogP contribution is -2.45. The van der Waals surface area contributed by atoms with Gasteiger partial charge in [0.1, 0.15) is 5.82 Å². The lowest BCUT2D eigenvalue weighted by molar-refractivity contribution is -0.123. The number of carbonyl (C=O) groups excluding carboxylic acids is 1. The van der Waals surface area contributed by atoms with Gasteiger partial charge in [0, 0.05) is 6.42 Å². The average molecular weight is 209 g/mol. The van der Waals surface area contributed by atoms with Crippen molar-refractivity contribution in [2.45, 2.75) is 25.8 Å². The fourth-order valence-corrected chi connectivity index (χ4v) is 1.19. The van der Waals surface area contributed by atoms with E-state index in [1.807, 2.05) is 13.8 Å². The van der Waals surface area contributed by atoms with Crippen molar-refractivity contribution < 1.29 is 9.18 Å². The summed E-state index contributed by atoms with van der Waals surface area (Å²) in [6.45, 7) is 3.63. The maximum Gasteiger partial charge on any atom is 0.156 e. The van der Waals surface area contributed by atoms with E-state index in [4.69, 9.17) is 0 Å². The monoisotopic (exact) mass is 209 g/mol. The Labute approximate surface area is 89.5 Å². The molecule has 0 spiro atoms. The van der Waals surface area contributed by atoms with Gasteiger partial charge in [-0.3, -0.25) is 4.79 Å². The van der Waals surface area contributed by atoms with Crippen molar-refractivity contribution in [3.63, 3.8) is 0 Å². The van der Waals surface area contributed by atoms with Crippen molar-refractivity contribution in [2.24, 2.45) is 0 Å². The van der Waals surface area contributed by atoms with Crippen molar-refractivity contribution in [3.05, 3.63) is 35.6 Å². The van der Waals surface area contributed by atoms with Gasteiger partial charge >= 0.3 is 0 Å². The van der Waals surface area contributed by atoms with Crippen LogP contribution in [-0.2, 0) is 11.2 Å². The molecule has 0 heterocycles. The first-order valence-electron chi connectivity index (χ1n) is 4.92. The molecule has 0 amide bonds. The number of Topliss-reactive ketones (excluding diaryl/α,β-unsaturated/α-hetero) is 1. The first kappa shape index (κ1) is 11.9. The van der Waals surface area contributed by atoms with E-state index in [-0.39, 0.29) is 18.0 Å². The zero-order valence-electron chi connectivity index (χ0n) is 9.30. The van der Waals surface area contributed by atoms with E-state index in [0.29, 0.717) is 5.56 Å².